The minimum atomic E-state index is -0.649. The number of carboxylic acid groups (broad SMARTS) is 1. The molecule has 0 spiro atoms. The van der Waals surface area contributed by atoms with Crippen LogP contribution in [0.3, 0.4) is 0 Å². The molecule has 0 aromatic carbocycles. The van der Waals surface area contributed by atoms with E-state index in [0.29, 0.717) is 12.0 Å². The van der Waals surface area contributed by atoms with Gasteiger partial charge in [0.15, 0.2) is 0 Å². The SMILES string of the molecule is O=C(O)[C@@H]1C[C@@H]2CCCC[C@H]2N1Cc1csc(Br)c1. The summed E-state index contributed by atoms with van der Waals surface area (Å²) in [5, 5.41) is 11.6. The molecule has 3 rings (SSSR count). The first-order chi connectivity index (χ1) is 9.15. The molecule has 2 fully saturated rings. The molecule has 3 atom stereocenters. The Morgan fingerprint density at radius 3 is 2.95 bits per heavy atom. The zero-order chi connectivity index (χ0) is 13.4. The highest BCUT2D eigenvalue weighted by atomic mass is 79.9. The van der Waals surface area contributed by atoms with Crippen molar-refractivity contribution in [2.45, 2.75) is 50.7 Å². The third kappa shape index (κ3) is 2.73. The Morgan fingerprint density at radius 2 is 2.26 bits per heavy atom. The molecule has 3 nitrogen and oxygen atoms in total. The van der Waals surface area contributed by atoms with Gasteiger partial charge in [-0.15, -0.1) is 11.3 Å². The zero-order valence-electron chi connectivity index (χ0n) is 10.7. The monoisotopic (exact) mass is 343 g/mol. The summed E-state index contributed by atoms with van der Waals surface area (Å²) in [4.78, 5) is 13.7. The maximum atomic E-state index is 11.5. The third-order valence-electron chi connectivity index (χ3n) is 4.49. The molecule has 0 unspecified atom stereocenters. The van der Waals surface area contributed by atoms with Crippen molar-refractivity contribution in [1.29, 1.82) is 0 Å². The van der Waals surface area contributed by atoms with E-state index >= 15 is 0 Å². The molecule has 1 aromatic heterocycles. The van der Waals surface area contributed by atoms with Crippen LogP contribution in [0.5, 0.6) is 0 Å². The lowest BCUT2D eigenvalue weighted by atomic mass is 9.85. The molecular formula is C14H18BrNO2S. The van der Waals surface area contributed by atoms with Crippen LogP contribution in [0, 0.1) is 5.92 Å². The number of aliphatic carboxylic acids is 1. The molecule has 2 aliphatic rings. The molecular weight excluding hydrogens is 326 g/mol. The molecule has 0 bridgehead atoms. The molecule has 5 heteroatoms. The van der Waals surface area contributed by atoms with E-state index in [1.54, 1.807) is 11.3 Å². The third-order valence-corrected chi connectivity index (χ3v) is 6.05. The first-order valence-electron chi connectivity index (χ1n) is 6.86. The van der Waals surface area contributed by atoms with Crippen LogP contribution in [-0.4, -0.2) is 28.1 Å². The lowest BCUT2D eigenvalue weighted by Crippen LogP contribution is -2.41. The largest absolute Gasteiger partial charge is 0.480 e. The molecule has 0 radical (unpaired) electrons. The van der Waals surface area contributed by atoms with Gasteiger partial charge in [-0.3, -0.25) is 9.69 Å². The number of carbonyl (C=O) groups is 1. The molecule has 0 amide bonds. The van der Waals surface area contributed by atoms with Crippen molar-refractivity contribution in [3.8, 4) is 0 Å². The van der Waals surface area contributed by atoms with E-state index in [1.165, 1.54) is 31.2 Å². The Bertz CT molecular complexity index is 476. The fourth-order valence-electron chi connectivity index (χ4n) is 3.66. The number of carboxylic acids is 1. The van der Waals surface area contributed by atoms with Crippen LogP contribution in [0.25, 0.3) is 0 Å². The van der Waals surface area contributed by atoms with Crippen LogP contribution in [0.1, 0.15) is 37.7 Å². The van der Waals surface area contributed by atoms with Gasteiger partial charge < -0.3 is 5.11 Å². The Labute approximate surface area is 125 Å². The quantitative estimate of drug-likeness (QED) is 0.908. The molecule has 1 saturated heterocycles. The fourth-order valence-corrected chi connectivity index (χ4v) is 4.86. The highest BCUT2D eigenvalue weighted by Gasteiger charge is 2.44. The summed E-state index contributed by atoms with van der Waals surface area (Å²) in [5.41, 5.74) is 1.23. The Kier molecular flexibility index (Phi) is 3.96. The first-order valence-corrected chi connectivity index (χ1v) is 8.54. The smallest absolute Gasteiger partial charge is 0.320 e. The van der Waals surface area contributed by atoms with E-state index < -0.39 is 5.97 Å². The van der Waals surface area contributed by atoms with Gasteiger partial charge in [-0.1, -0.05) is 12.8 Å². The summed E-state index contributed by atoms with van der Waals surface area (Å²) < 4.78 is 1.12. The minimum absolute atomic E-state index is 0.285. The standard InChI is InChI=1S/C14H18BrNO2S/c15-13-5-9(8-19-13)7-16-11-4-2-1-3-10(11)6-12(16)14(17)18/h5,8,10-12H,1-4,6-7H2,(H,17,18)/t10-,11+,12-/m0/s1. The maximum absolute atomic E-state index is 11.5. The van der Waals surface area contributed by atoms with Crippen molar-refractivity contribution in [2.75, 3.05) is 0 Å². The van der Waals surface area contributed by atoms with Crippen molar-refractivity contribution in [1.82, 2.24) is 4.90 Å². The van der Waals surface area contributed by atoms with Gasteiger partial charge in [0, 0.05) is 12.6 Å². The number of fused-ring (bicyclic) bond motifs is 1. The van der Waals surface area contributed by atoms with E-state index in [4.69, 9.17) is 0 Å². The summed E-state index contributed by atoms with van der Waals surface area (Å²) in [5.74, 6) is -0.0550. The van der Waals surface area contributed by atoms with Crippen LogP contribution in [0.2, 0.25) is 0 Å². The molecule has 1 saturated carbocycles. The number of nitrogens with zero attached hydrogens (tertiary/aromatic N) is 1. The van der Waals surface area contributed by atoms with Crippen LogP contribution in [0.15, 0.2) is 15.2 Å². The van der Waals surface area contributed by atoms with Crippen molar-refractivity contribution >= 4 is 33.2 Å². The zero-order valence-corrected chi connectivity index (χ0v) is 13.1. The van der Waals surface area contributed by atoms with Crippen LogP contribution >= 0.6 is 27.3 Å². The van der Waals surface area contributed by atoms with E-state index in [-0.39, 0.29) is 6.04 Å². The van der Waals surface area contributed by atoms with Crippen molar-refractivity contribution < 1.29 is 9.90 Å². The van der Waals surface area contributed by atoms with E-state index in [9.17, 15) is 9.90 Å². The van der Waals surface area contributed by atoms with Gasteiger partial charge in [-0.25, -0.2) is 0 Å². The van der Waals surface area contributed by atoms with Crippen molar-refractivity contribution in [3.05, 3.63) is 20.8 Å². The van der Waals surface area contributed by atoms with E-state index in [0.717, 1.165) is 16.8 Å². The predicted octanol–water partition coefficient (Wildman–Crippen LogP) is 3.73. The van der Waals surface area contributed by atoms with Gasteiger partial charge in [0.2, 0.25) is 0 Å². The van der Waals surface area contributed by atoms with Crippen LogP contribution in [0.4, 0.5) is 0 Å². The normalized spacial score (nSPS) is 31.3. The second kappa shape index (κ2) is 5.54. The van der Waals surface area contributed by atoms with E-state index in [1.807, 2.05) is 0 Å². The average molecular weight is 344 g/mol. The number of rotatable bonds is 3. The lowest BCUT2D eigenvalue weighted by molar-refractivity contribution is -0.142. The van der Waals surface area contributed by atoms with Gasteiger partial charge in [-0.2, -0.15) is 0 Å². The molecule has 1 aliphatic heterocycles. The molecule has 19 heavy (non-hydrogen) atoms. The Morgan fingerprint density at radius 1 is 1.47 bits per heavy atom. The van der Waals surface area contributed by atoms with Crippen LogP contribution < -0.4 is 0 Å². The molecule has 104 valence electrons. The van der Waals surface area contributed by atoms with Gasteiger partial charge in [0.1, 0.15) is 6.04 Å². The lowest BCUT2D eigenvalue weighted by Gasteiger charge is -2.32. The van der Waals surface area contributed by atoms with Gasteiger partial charge in [-0.05, 0) is 58.1 Å². The highest BCUT2D eigenvalue weighted by Crippen LogP contribution is 2.40. The predicted molar refractivity (Wildman–Crippen MR) is 79.3 cm³/mol. The Balaban J connectivity index is 1.80. The minimum Gasteiger partial charge on any atom is -0.480 e. The molecule has 1 aromatic rings. The number of halogens is 1. The summed E-state index contributed by atoms with van der Waals surface area (Å²) in [7, 11) is 0. The second-order valence-corrected chi connectivity index (χ2v) is 7.92. The molecule has 2 heterocycles. The number of hydrogen-bond donors (Lipinski definition) is 1. The topological polar surface area (TPSA) is 40.5 Å². The number of likely N-dealkylation sites (tertiary alicyclic amines) is 1. The summed E-state index contributed by atoms with van der Waals surface area (Å²) in [6, 6.07) is 2.31. The summed E-state index contributed by atoms with van der Waals surface area (Å²) >= 11 is 5.15. The number of thiophene rings is 1. The van der Waals surface area contributed by atoms with Crippen LogP contribution in [-0.2, 0) is 11.3 Å². The summed E-state index contributed by atoms with van der Waals surface area (Å²) in [6.07, 6.45) is 5.73. The first kappa shape index (κ1) is 13.6. The second-order valence-electron chi connectivity index (χ2n) is 5.63. The average Bonchev–Trinajstić information content (AvgIpc) is 2.95. The number of hydrogen-bond acceptors (Lipinski definition) is 3. The molecule has 1 aliphatic carbocycles. The maximum Gasteiger partial charge on any atom is 0.320 e. The highest BCUT2D eigenvalue weighted by molar-refractivity contribution is 9.11. The molecule has 1 N–H and O–H groups in total. The van der Waals surface area contributed by atoms with Gasteiger partial charge in [0.25, 0.3) is 0 Å². The summed E-state index contributed by atoms with van der Waals surface area (Å²) in [6.45, 7) is 0.778. The van der Waals surface area contributed by atoms with Crippen molar-refractivity contribution in [2.24, 2.45) is 5.92 Å². The van der Waals surface area contributed by atoms with Crippen molar-refractivity contribution in [3.63, 3.8) is 0 Å². The van der Waals surface area contributed by atoms with Gasteiger partial charge >= 0.3 is 5.97 Å². The Hall–Kier alpha value is -0.390. The fraction of sp³-hybridized carbons (Fsp3) is 0.643. The van der Waals surface area contributed by atoms with E-state index in [2.05, 4.69) is 32.3 Å². The van der Waals surface area contributed by atoms with Gasteiger partial charge in [0.05, 0.1) is 3.79 Å².